The molecule has 0 aliphatic heterocycles. The summed E-state index contributed by atoms with van der Waals surface area (Å²) in [5.74, 6) is 0.468. The summed E-state index contributed by atoms with van der Waals surface area (Å²) in [5.41, 5.74) is 2.30. The molecule has 0 unspecified atom stereocenters. The summed E-state index contributed by atoms with van der Waals surface area (Å²) in [7, 11) is 0. The molecular weight excluding hydrogens is 458 g/mol. The van der Waals surface area contributed by atoms with Gasteiger partial charge in [0.2, 0.25) is 0 Å². The number of carbonyl (C=O) groups is 2. The summed E-state index contributed by atoms with van der Waals surface area (Å²) in [4.78, 5) is 30.2. The van der Waals surface area contributed by atoms with Gasteiger partial charge < -0.3 is 15.4 Å². The maximum atomic E-state index is 12.9. The summed E-state index contributed by atoms with van der Waals surface area (Å²) in [6.45, 7) is 2.50. The Bertz CT molecular complexity index is 1100. The van der Waals surface area contributed by atoms with Crippen molar-refractivity contribution >= 4 is 23.2 Å². The van der Waals surface area contributed by atoms with Crippen LogP contribution in [-0.2, 0) is 13.0 Å². The van der Waals surface area contributed by atoms with E-state index in [-0.39, 0.29) is 23.9 Å². The summed E-state index contributed by atoms with van der Waals surface area (Å²) in [5, 5.41) is 8.77. The first-order chi connectivity index (χ1) is 17.1. The minimum Gasteiger partial charge on any atom is -0.486 e. The molecule has 6 nitrogen and oxygen atoms in total. The van der Waals surface area contributed by atoms with Crippen LogP contribution in [0.25, 0.3) is 0 Å². The highest BCUT2D eigenvalue weighted by atomic mass is 32.1. The van der Waals surface area contributed by atoms with Crippen LogP contribution in [0.5, 0.6) is 5.75 Å². The van der Waals surface area contributed by atoms with Gasteiger partial charge in [0.05, 0.1) is 0 Å². The molecule has 0 spiro atoms. The van der Waals surface area contributed by atoms with Gasteiger partial charge in [-0.05, 0) is 55.5 Å². The van der Waals surface area contributed by atoms with Crippen molar-refractivity contribution in [3.8, 4) is 5.75 Å². The van der Waals surface area contributed by atoms with Crippen molar-refractivity contribution in [2.45, 2.75) is 70.6 Å². The molecule has 4 rings (SSSR count). The van der Waals surface area contributed by atoms with E-state index in [9.17, 15) is 9.59 Å². The number of aryl methyl sites for hydroxylation is 1. The maximum Gasteiger partial charge on any atom is 0.271 e. The number of hydrogen-bond donors (Lipinski definition) is 2. The second-order valence-corrected chi connectivity index (χ2v) is 9.92. The molecular formula is C28H33N3O3S. The van der Waals surface area contributed by atoms with Gasteiger partial charge in [0.25, 0.3) is 11.8 Å². The number of nitrogens with zero attached hydrogens (tertiary/aromatic N) is 1. The maximum absolute atomic E-state index is 12.9. The number of hydrogen-bond acceptors (Lipinski definition) is 5. The van der Waals surface area contributed by atoms with Crippen LogP contribution in [0.15, 0.2) is 60.0 Å². The van der Waals surface area contributed by atoms with E-state index in [0.29, 0.717) is 17.9 Å². The van der Waals surface area contributed by atoms with E-state index in [2.05, 4.69) is 22.5 Å². The Morgan fingerprint density at radius 2 is 1.66 bits per heavy atom. The highest BCUT2D eigenvalue weighted by Crippen LogP contribution is 2.21. The number of carbonyl (C=O) groups excluding carboxylic acids is 2. The van der Waals surface area contributed by atoms with Crippen LogP contribution >= 0.6 is 11.3 Å². The van der Waals surface area contributed by atoms with Gasteiger partial charge >= 0.3 is 0 Å². The molecule has 2 atom stereocenters. The fourth-order valence-electron chi connectivity index (χ4n) is 4.32. The largest absolute Gasteiger partial charge is 0.486 e. The van der Waals surface area contributed by atoms with Crippen molar-refractivity contribution in [3.63, 3.8) is 0 Å². The summed E-state index contributed by atoms with van der Waals surface area (Å²) >= 11 is 1.41. The van der Waals surface area contributed by atoms with Gasteiger partial charge in [-0.3, -0.25) is 9.59 Å². The van der Waals surface area contributed by atoms with Crippen molar-refractivity contribution in [2.75, 3.05) is 0 Å². The molecule has 35 heavy (non-hydrogen) atoms. The number of para-hydroxylation sites is 1. The van der Waals surface area contributed by atoms with Gasteiger partial charge in [-0.15, -0.1) is 11.3 Å². The predicted octanol–water partition coefficient (Wildman–Crippen LogP) is 5.54. The lowest BCUT2D eigenvalue weighted by Gasteiger charge is -2.32. The van der Waals surface area contributed by atoms with Crippen molar-refractivity contribution in [1.29, 1.82) is 0 Å². The minimum absolute atomic E-state index is 0.0906. The Kier molecular flexibility index (Phi) is 8.90. The van der Waals surface area contributed by atoms with Gasteiger partial charge in [-0.2, -0.15) is 0 Å². The first-order valence-electron chi connectivity index (χ1n) is 12.5. The molecule has 1 aromatic heterocycles. The molecule has 1 saturated carbocycles. The Labute approximate surface area is 211 Å². The van der Waals surface area contributed by atoms with Crippen LogP contribution in [0.3, 0.4) is 0 Å². The number of unbranched alkanes of at least 4 members (excludes halogenated alkanes) is 1. The van der Waals surface area contributed by atoms with Crippen LogP contribution in [-0.4, -0.2) is 28.9 Å². The second kappa shape index (κ2) is 12.5. The molecule has 0 saturated heterocycles. The zero-order valence-electron chi connectivity index (χ0n) is 20.2. The zero-order valence-corrected chi connectivity index (χ0v) is 21.0. The average Bonchev–Trinajstić information content (AvgIpc) is 3.37. The van der Waals surface area contributed by atoms with Crippen LogP contribution < -0.4 is 15.4 Å². The molecule has 1 aliphatic carbocycles. The molecule has 3 aromatic rings. The number of nitrogens with one attached hydrogen (secondary N) is 2. The van der Waals surface area contributed by atoms with E-state index >= 15 is 0 Å². The number of aromatic nitrogens is 1. The van der Waals surface area contributed by atoms with Crippen molar-refractivity contribution in [1.82, 2.24) is 15.6 Å². The highest BCUT2D eigenvalue weighted by molar-refractivity contribution is 7.09. The van der Waals surface area contributed by atoms with Crippen molar-refractivity contribution in [2.24, 2.45) is 0 Å². The summed E-state index contributed by atoms with van der Waals surface area (Å²) < 4.78 is 5.73. The van der Waals surface area contributed by atoms with Gasteiger partial charge in [-0.25, -0.2) is 4.98 Å². The Morgan fingerprint density at radius 3 is 2.34 bits per heavy atom. The summed E-state index contributed by atoms with van der Waals surface area (Å²) in [6, 6.07) is 17.2. The normalized spacial score (nSPS) is 17.5. The molecule has 184 valence electrons. The van der Waals surface area contributed by atoms with Gasteiger partial charge in [0.15, 0.2) is 0 Å². The van der Waals surface area contributed by atoms with Crippen LogP contribution in [0.2, 0.25) is 0 Å². The zero-order chi connectivity index (χ0) is 24.5. The van der Waals surface area contributed by atoms with E-state index in [4.69, 9.17) is 4.74 Å². The fourth-order valence-corrected chi connectivity index (χ4v) is 5.00. The fraction of sp³-hybridized carbons (Fsp3) is 0.393. The quantitative estimate of drug-likeness (QED) is 0.390. The number of benzene rings is 2. The van der Waals surface area contributed by atoms with Gasteiger partial charge in [0, 0.05) is 23.0 Å². The highest BCUT2D eigenvalue weighted by Gasteiger charge is 2.29. The molecule has 2 aromatic carbocycles. The van der Waals surface area contributed by atoms with E-state index in [1.807, 2.05) is 54.6 Å². The molecule has 0 radical (unpaired) electrons. The van der Waals surface area contributed by atoms with Crippen LogP contribution in [0.4, 0.5) is 0 Å². The Morgan fingerprint density at radius 1 is 0.971 bits per heavy atom. The monoisotopic (exact) mass is 491 g/mol. The van der Waals surface area contributed by atoms with E-state index in [1.54, 1.807) is 5.38 Å². The third-order valence-electron chi connectivity index (χ3n) is 6.32. The molecule has 1 heterocycles. The number of ether oxygens (including phenoxy) is 1. The lowest BCUT2D eigenvalue weighted by molar-refractivity contribution is 0.0860. The topological polar surface area (TPSA) is 80.3 Å². The first kappa shape index (κ1) is 24.9. The Balaban J connectivity index is 1.31. The van der Waals surface area contributed by atoms with Crippen molar-refractivity contribution < 1.29 is 14.3 Å². The molecule has 1 aliphatic rings. The number of amides is 2. The molecule has 2 amide bonds. The summed E-state index contributed by atoms with van der Waals surface area (Å²) in [6.07, 6.45) is 7.07. The van der Waals surface area contributed by atoms with Crippen molar-refractivity contribution in [3.05, 3.63) is 81.8 Å². The second-order valence-electron chi connectivity index (χ2n) is 8.97. The average molecular weight is 492 g/mol. The smallest absolute Gasteiger partial charge is 0.271 e. The third kappa shape index (κ3) is 7.15. The van der Waals surface area contributed by atoms with Gasteiger partial charge in [-0.1, -0.05) is 56.5 Å². The van der Waals surface area contributed by atoms with Gasteiger partial charge in [0.1, 0.15) is 23.1 Å². The number of thiazole rings is 1. The van der Waals surface area contributed by atoms with E-state index in [0.717, 1.165) is 55.7 Å². The SMILES string of the molecule is CCCCc1ccc(C(=O)N[C@@H]2CCCC[C@@H]2NC(=O)c2csc(COc3ccccc3)n2)cc1. The standard InChI is InChI=1S/C28H33N3O3S/c1-2-3-9-20-14-16-21(17-15-20)27(32)30-23-12-7-8-13-24(23)31-28(33)25-19-35-26(29-25)18-34-22-10-5-4-6-11-22/h4-6,10-11,14-17,19,23-24H,2-3,7-9,12-13,18H2,1H3,(H,30,32)(H,31,33)/t23-,24+/m1/s1. The molecule has 7 heteroatoms. The Hall–Kier alpha value is -3.19. The first-order valence-corrected chi connectivity index (χ1v) is 13.3. The van der Waals surface area contributed by atoms with E-state index < -0.39 is 0 Å². The minimum atomic E-state index is -0.210. The molecule has 0 bridgehead atoms. The predicted molar refractivity (Wildman–Crippen MR) is 139 cm³/mol. The van der Waals surface area contributed by atoms with E-state index in [1.165, 1.54) is 16.9 Å². The third-order valence-corrected chi connectivity index (χ3v) is 7.15. The van der Waals surface area contributed by atoms with Crippen LogP contribution in [0.1, 0.15) is 76.9 Å². The molecule has 2 N–H and O–H groups in total. The lowest BCUT2D eigenvalue weighted by atomic mass is 9.90. The molecule has 1 fully saturated rings. The lowest BCUT2D eigenvalue weighted by Crippen LogP contribution is -2.53. The van der Waals surface area contributed by atoms with Crippen LogP contribution in [0, 0.1) is 0 Å². The number of rotatable bonds is 10.